The van der Waals surface area contributed by atoms with Gasteiger partial charge in [0.05, 0.1) is 17.0 Å². The predicted molar refractivity (Wildman–Crippen MR) is 81.7 cm³/mol. The third-order valence-electron chi connectivity index (χ3n) is 3.01. The van der Waals surface area contributed by atoms with Gasteiger partial charge in [-0.1, -0.05) is 18.2 Å². The Bertz CT molecular complexity index is 763. The predicted octanol–water partition coefficient (Wildman–Crippen LogP) is 3.66. The van der Waals surface area contributed by atoms with Gasteiger partial charge in [-0.3, -0.25) is 14.9 Å². The number of alkyl halides is 3. The number of nitro groups is 1. The zero-order chi connectivity index (χ0) is 17.7. The first-order valence-electron chi connectivity index (χ1n) is 6.72. The summed E-state index contributed by atoms with van der Waals surface area (Å²) in [5, 5.41) is 15.7. The highest BCUT2D eigenvalue weighted by Gasteiger charge is 2.30. The average Bonchev–Trinajstić information content (AvgIpc) is 2.52. The Kier molecular flexibility index (Phi) is 5.02. The molecule has 2 N–H and O–H groups in total. The number of nitro benzene ring substituents is 1. The van der Waals surface area contributed by atoms with Gasteiger partial charge < -0.3 is 10.6 Å². The Morgan fingerprint density at radius 1 is 1.12 bits per heavy atom. The summed E-state index contributed by atoms with van der Waals surface area (Å²) in [4.78, 5) is 22.0. The molecule has 0 unspecified atom stereocenters. The lowest BCUT2D eigenvalue weighted by molar-refractivity contribution is -0.383. The van der Waals surface area contributed by atoms with E-state index >= 15 is 0 Å². The Labute approximate surface area is 134 Å². The number of hydrogen-bond acceptors (Lipinski definition) is 4. The first-order valence-corrected chi connectivity index (χ1v) is 6.72. The number of hydrogen-bond donors (Lipinski definition) is 2. The minimum atomic E-state index is -4.51. The molecule has 0 atom stereocenters. The van der Waals surface area contributed by atoms with E-state index in [2.05, 4.69) is 10.6 Å². The molecule has 0 aliphatic rings. The third-order valence-corrected chi connectivity index (χ3v) is 3.01. The molecular formula is C15H12F3N3O3. The Balaban J connectivity index is 2.01. The van der Waals surface area contributed by atoms with Crippen molar-refractivity contribution in [1.29, 1.82) is 0 Å². The minimum absolute atomic E-state index is 0.0146. The van der Waals surface area contributed by atoms with Crippen molar-refractivity contribution in [2.24, 2.45) is 0 Å². The van der Waals surface area contributed by atoms with Crippen LogP contribution in [0.5, 0.6) is 0 Å². The molecule has 2 aromatic carbocycles. The van der Waals surface area contributed by atoms with E-state index in [1.807, 2.05) is 0 Å². The highest BCUT2D eigenvalue weighted by atomic mass is 19.4. The van der Waals surface area contributed by atoms with E-state index in [1.54, 1.807) is 6.07 Å². The number of rotatable bonds is 5. The number of para-hydroxylation sites is 2. The van der Waals surface area contributed by atoms with Crippen molar-refractivity contribution in [3.8, 4) is 0 Å². The molecule has 0 fully saturated rings. The maximum Gasteiger partial charge on any atom is 0.416 e. The average molecular weight is 339 g/mol. The standard InChI is InChI=1S/C15H12F3N3O3/c16-15(17,18)10-4-3-5-11(8-10)20-14(22)9-19-12-6-1-2-7-13(12)21(23)24/h1-8,19H,9H2,(H,20,22). The van der Waals surface area contributed by atoms with Crippen molar-refractivity contribution in [1.82, 2.24) is 0 Å². The van der Waals surface area contributed by atoms with Crippen molar-refractivity contribution in [3.05, 3.63) is 64.2 Å². The monoisotopic (exact) mass is 339 g/mol. The van der Waals surface area contributed by atoms with E-state index in [1.165, 1.54) is 30.3 Å². The van der Waals surface area contributed by atoms with Gasteiger partial charge in [-0.2, -0.15) is 13.2 Å². The molecule has 0 saturated heterocycles. The molecule has 0 spiro atoms. The van der Waals surface area contributed by atoms with Crippen molar-refractivity contribution in [2.75, 3.05) is 17.2 Å². The maximum absolute atomic E-state index is 12.6. The van der Waals surface area contributed by atoms with Crippen LogP contribution in [0.1, 0.15) is 5.56 Å². The number of amides is 1. The fourth-order valence-corrected chi connectivity index (χ4v) is 1.94. The number of carbonyl (C=O) groups is 1. The van der Waals surface area contributed by atoms with Crippen LogP contribution >= 0.6 is 0 Å². The Morgan fingerprint density at radius 3 is 2.50 bits per heavy atom. The van der Waals surface area contributed by atoms with Crippen molar-refractivity contribution >= 4 is 23.0 Å². The van der Waals surface area contributed by atoms with Gasteiger partial charge in [-0.25, -0.2) is 0 Å². The summed E-state index contributed by atoms with van der Waals surface area (Å²) in [7, 11) is 0. The summed E-state index contributed by atoms with van der Waals surface area (Å²) < 4.78 is 37.8. The molecule has 0 aliphatic heterocycles. The van der Waals surface area contributed by atoms with Crippen LogP contribution in [-0.4, -0.2) is 17.4 Å². The highest BCUT2D eigenvalue weighted by Crippen LogP contribution is 2.30. The summed E-state index contributed by atoms with van der Waals surface area (Å²) in [5.74, 6) is -0.632. The molecule has 2 rings (SSSR count). The van der Waals surface area contributed by atoms with Crippen LogP contribution in [0.3, 0.4) is 0 Å². The number of halogens is 3. The molecule has 0 bridgehead atoms. The van der Waals surface area contributed by atoms with Crippen LogP contribution in [0.25, 0.3) is 0 Å². The van der Waals surface area contributed by atoms with Crippen LogP contribution in [0.2, 0.25) is 0 Å². The number of nitrogens with zero attached hydrogens (tertiary/aromatic N) is 1. The molecule has 0 radical (unpaired) electrons. The van der Waals surface area contributed by atoms with E-state index in [0.29, 0.717) is 0 Å². The van der Waals surface area contributed by atoms with Gasteiger partial charge in [0.25, 0.3) is 5.69 Å². The number of carbonyl (C=O) groups excluding carboxylic acids is 1. The van der Waals surface area contributed by atoms with Gasteiger partial charge in [0, 0.05) is 11.8 Å². The van der Waals surface area contributed by atoms with Crippen molar-refractivity contribution in [3.63, 3.8) is 0 Å². The van der Waals surface area contributed by atoms with Gasteiger partial charge in [-0.05, 0) is 24.3 Å². The van der Waals surface area contributed by atoms with E-state index in [0.717, 1.165) is 12.1 Å². The summed E-state index contributed by atoms with van der Waals surface area (Å²) >= 11 is 0. The molecule has 6 nitrogen and oxygen atoms in total. The first kappa shape index (κ1) is 17.3. The molecule has 126 valence electrons. The Morgan fingerprint density at radius 2 is 1.83 bits per heavy atom. The minimum Gasteiger partial charge on any atom is -0.371 e. The zero-order valence-corrected chi connectivity index (χ0v) is 12.1. The van der Waals surface area contributed by atoms with Crippen molar-refractivity contribution in [2.45, 2.75) is 6.18 Å². The van der Waals surface area contributed by atoms with Gasteiger partial charge in [0.1, 0.15) is 5.69 Å². The van der Waals surface area contributed by atoms with Crippen LogP contribution in [0.4, 0.5) is 30.2 Å². The van der Waals surface area contributed by atoms with Crippen LogP contribution < -0.4 is 10.6 Å². The Hall–Kier alpha value is -3.10. The second-order valence-electron chi connectivity index (χ2n) is 4.75. The highest BCUT2D eigenvalue weighted by molar-refractivity contribution is 5.94. The second kappa shape index (κ2) is 6.99. The largest absolute Gasteiger partial charge is 0.416 e. The number of anilines is 2. The lowest BCUT2D eigenvalue weighted by Gasteiger charge is -2.10. The zero-order valence-electron chi connectivity index (χ0n) is 12.1. The topological polar surface area (TPSA) is 84.3 Å². The second-order valence-corrected chi connectivity index (χ2v) is 4.75. The van der Waals surface area contributed by atoms with Crippen molar-refractivity contribution < 1.29 is 22.9 Å². The van der Waals surface area contributed by atoms with Crippen LogP contribution in [0.15, 0.2) is 48.5 Å². The third kappa shape index (κ3) is 4.45. The van der Waals surface area contributed by atoms with Crippen LogP contribution in [0, 0.1) is 10.1 Å². The van der Waals surface area contributed by atoms with Gasteiger partial charge >= 0.3 is 6.18 Å². The summed E-state index contributed by atoms with van der Waals surface area (Å²) in [6.45, 7) is -0.332. The SMILES string of the molecule is O=C(CNc1ccccc1[N+](=O)[O-])Nc1cccc(C(F)(F)F)c1. The van der Waals surface area contributed by atoms with Gasteiger partial charge in [-0.15, -0.1) is 0 Å². The fourth-order valence-electron chi connectivity index (χ4n) is 1.94. The normalized spacial score (nSPS) is 11.0. The lowest BCUT2D eigenvalue weighted by atomic mass is 10.2. The van der Waals surface area contributed by atoms with Crippen LogP contribution in [-0.2, 0) is 11.0 Å². The van der Waals surface area contributed by atoms with E-state index < -0.39 is 22.6 Å². The summed E-state index contributed by atoms with van der Waals surface area (Å²) in [5.41, 5.74) is -0.961. The smallest absolute Gasteiger partial charge is 0.371 e. The molecular weight excluding hydrogens is 327 g/mol. The molecule has 2 aromatic rings. The molecule has 0 aromatic heterocycles. The van der Waals surface area contributed by atoms with Gasteiger partial charge in [0.15, 0.2) is 0 Å². The number of nitrogens with one attached hydrogen (secondary N) is 2. The molecule has 24 heavy (non-hydrogen) atoms. The van der Waals surface area contributed by atoms with E-state index in [-0.39, 0.29) is 23.6 Å². The molecule has 9 heteroatoms. The first-order chi connectivity index (χ1) is 11.3. The maximum atomic E-state index is 12.6. The van der Waals surface area contributed by atoms with Gasteiger partial charge in [0.2, 0.25) is 5.91 Å². The molecule has 0 heterocycles. The molecule has 0 saturated carbocycles. The fraction of sp³-hybridized carbons (Fsp3) is 0.133. The summed E-state index contributed by atoms with van der Waals surface area (Å²) in [6.07, 6.45) is -4.51. The van der Waals surface area contributed by atoms with E-state index in [9.17, 15) is 28.1 Å². The molecule has 0 aliphatic carbocycles. The van der Waals surface area contributed by atoms with E-state index in [4.69, 9.17) is 0 Å². The quantitative estimate of drug-likeness (QED) is 0.643. The number of benzene rings is 2. The summed E-state index contributed by atoms with van der Waals surface area (Å²) in [6, 6.07) is 9.92. The molecule has 1 amide bonds. The lowest BCUT2D eigenvalue weighted by Crippen LogP contribution is -2.22.